The number of hydrogen-bond donors (Lipinski definition) is 2. The Kier molecular flexibility index (Phi) is 4.42. The summed E-state index contributed by atoms with van der Waals surface area (Å²) in [6.45, 7) is 0. The van der Waals surface area contributed by atoms with Crippen molar-refractivity contribution in [2.24, 2.45) is 0 Å². The van der Waals surface area contributed by atoms with Gasteiger partial charge in [-0.05, 0) is 6.08 Å². The minimum absolute atomic E-state index is 0. The van der Waals surface area contributed by atoms with Gasteiger partial charge in [-0.15, -0.1) is 0 Å². The average molecular weight is 265 g/mol. The fourth-order valence-corrected chi connectivity index (χ4v) is 2.84. The minimum atomic E-state index is -1.21. The maximum absolute atomic E-state index is 11.2. The number of β-lactam (4-membered cyclic amide) rings is 1. The molecule has 2 heterocycles. The molecular weight excluding hydrogens is 257 g/mol. The number of thioether (sulfide) groups is 1. The van der Waals surface area contributed by atoms with Gasteiger partial charge in [0.05, 0.1) is 11.8 Å². The molecule has 0 aromatic rings. The van der Waals surface area contributed by atoms with Crippen LogP contribution in [0.3, 0.4) is 0 Å². The second kappa shape index (κ2) is 5.26. The number of rotatable bonds is 3. The van der Waals surface area contributed by atoms with E-state index in [4.69, 9.17) is 10.2 Å². The van der Waals surface area contributed by atoms with E-state index in [1.807, 2.05) is 0 Å². The molecule has 1 atom stereocenters. The number of aliphatic carboxylic acids is 2. The van der Waals surface area contributed by atoms with Gasteiger partial charge in [-0.2, -0.15) is 0 Å². The third kappa shape index (κ3) is 2.57. The molecule has 8 heteroatoms. The Morgan fingerprint density at radius 1 is 1.47 bits per heavy atom. The van der Waals surface area contributed by atoms with Crippen LogP contribution >= 0.6 is 11.8 Å². The van der Waals surface area contributed by atoms with Crippen molar-refractivity contribution in [3.63, 3.8) is 0 Å². The first kappa shape index (κ1) is 14.3. The standard InChI is InChI=1S/C9H7NO5S.Na.H/c11-5-3-6-10(5)8(9(14)15)4(16-6)1-2-7(12)13;;/h1-2,6H,3H2,(H,12,13)(H,14,15);;/q;+1;-1/b2-1+;;/t6-;;/m1../s1. The van der Waals surface area contributed by atoms with Crippen LogP contribution in [0.25, 0.3) is 0 Å². The van der Waals surface area contributed by atoms with Gasteiger partial charge in [-0.1, -0.05) is 11.8 Å². The van der Waals surface area contributed by atoms with E-state index in [1.165, 1.54) is 22.7 Å². The summed E-state index contributed by atoms with van der Waals surface area (Å²) < 4.78 is 0. The zero-order valence-electron chi connectivity index (χ0n) is 9.91. The van der Waals surface area contributed by atoms with Gasteiger partial charge in [-0.25, -0.2) is 9.59 Å². The van der Waals surface area contributed by atoms with Crippen LogP contribution in [-0.4, -0.2) is 38.3 Å². The predicted octanol–water partition coefficient (Wildman–Crippen LogP) is -2.65. The Balaban J connectivity index is 0.00000144. The molecule has 1 amide bonds. The molecule has 0 aromatic heterocycles. The first-order chi connectivity index (χ1) is 7.50. The van der Waals surface area contributed by atoms with Crippen LogP contribution in [0.15, 0.2) is 22.8 Å². The number of amides is 1. The summed E-state index contributed by atoms with van der Waals surface area (Å²) >= 11 is 1.20. The number of fused-ring (bicyclic) bond motifs is 1. The summed E-state index contributed by atoms with van der Waals surface area (Å²) in [5.41, 5.74) is -0.122. The molecule has 1 saturated heterocycles. The molecule has 1 fully saturated rings. The molecule has 86 valence electrons. The van der Waals surface area contributed by atoms with Crippen molar-refractivity contribution in [2.45, 2.75) is 11.8 Å². The summed E-state index contributed by atoms with van der Waals surface area (Å²) in [7, 11) is 0. The number of carbonyl (C=O) groups excluding carboxylic acids is 1. The number of carboxylic acids is 2. The van der Waals surface area contributed by atoms with Crippen molar-refractivity contribution < 1.29 is 55.6 Å². The molecular formula is C9H8NNaO5S. The molecule has 2 aliphatic rings. The Morgan fingerprint density at radius 3 is 2.59 bits per heavy atom. The van der Waals surface area contributed by atoms with Crippen LogP contribution in [0.4, 0.5) is 0 Å². The van der Waals surface area contributed by atoms with E-state index in [2.05, 4.69) is 0 Å². The topological polar surface area (TPSA) is 94.9 Å². The van der Waals surface area contributed by atoms with Crippen LogP contribution in [0.1, 0.15) is 7.85 Å². The van der Waals surface area contributed by atoms with E-state index in [0.717, 1.165) is 6.08 Å². The maximum Gasteiger partial charge on any atom is 1.00 e. The summed E-state index contributed by atoms with van der Waals surface area (Å²) in [4.78, 5) is 34.0. The normalized spacial score (nSPS) is 22.2. The van der Waals surface area contributed by atoms with Gasteiger partial charge in [0.25, 0.3) is 0 Å². The van der Waals surface area contributed by atoms with Crippen LogP contribution in [0.5, 0.6) is 0 Å². The zero-order valence-corrected chi connectivity index (χ0v) is 11.7. The van der Waals surface area contributed by atoms with Gasteiger partial charge in [0.1, 0.15) is 5.70 Å². The van der Waals surface area contributed by atoms with Crippen molar-refractivity contribution in [1.82, 2.24) is 4.90 Å². The number of allylic oxidation sites excluding steroid dienone is 1. The molecule has 0 bridgehead atoms. The van der Waals surface area contributed by atoms with Gasteiger partial charge < -0.3 is 11.6 Å². The molecule has 2 N–H and O–H groups in total. The van der Waals surface area contributed by atoms with Crippen molar-refractivity contribution in [3.05, 3.63) is 22.8 Å². The van der Waals surface area contributed by atoms with Crippen molar-refractivity contribution in [3.8, 4) is 0 Å². The Labute approximate surface area is 124 Å². The summed E-state index contributed by atoms with van der Waals surface area (Å²) in [6, 6.07) is 0. The van der Waals surface area contributed by atoms with Crippen LogP contribution < -0.4 is 29.6 Å². The fraction of sp³-hybridized carbons (Fsp3) is 0.222. The van der Waals surface area contributed by atoms with Gasteiger partial charge in [0.2, 0.25) is 5.91 Å². The Hall–Kier alpha value is -0.760. The maximum atomic E-state index is 11.2. The number of carboxylic acid groups (broad SMARTS) is 2. The molecule has 0 radical (unpaired) electrons. The van der Waals surface area contributed by atoms with E-state index in [9.17, 15) is 14.4 Å². The quantitative estimate of drug-likeness (QED) is 0.329. The smallest absolute Gasteiger partial charge is 1.00 e. The van der Waals surface area contributed by atoms with E-state index >= 15 is 0 Å². The summed E-state index contributed by atoms with van der Waals surface area (Å²) in [6.07, 6.45) is 2.37. The van der Waals surface area contributed by atoms with Crippen molar-refractivity contribution in [2.75, 3.05) is 0 Å². The molecule has 2 rings (SSSR count). The van der Waals surface area contributed by atoms with Crippen molar-refractivity contribution >= 4 is 29.6 Å². The summed E-state index contributed by atoms with van der Waals surface area (Å²) in [5, 5.41) is 17.2. The SMILES string of the molecule is O=C(O)/C=C/C1=C(C(=O)O)N2C(=O)C[C@H]2S1.[H-].[Na+]. The molecule has 0 spiro atoms. The van der Waals surface area contributed by atoms with E-state index in [0.29, 0.717) is 11.3 Å². The van der Waals surface area contributed by atoms with Crippen LogP contribution in [0, 0.1) is 0 Å². The molecule has 0 aliphatic carbocycles. The molecule has 0 saturated carbocycles. The molecule has 0 unspecified atom stereocenters. The zero-order chi connectivity index (χ0) is 11.9. The summed E-state index contributed by atoms with van der Waals surface area (Å²) in [5.74, 6) is -2.61. The van der Waals surface area contributed by atoms with E-state index in [1.54, 1.807) is 0 Å². The van der Waals surface area contributed by atoms with Crippen LogP contribution in [-0.2, 0) is 14.4 Å². The second-order valence-electron chi connectivity index (χ2n) is 3.23. The molecule has 17 heavy (non-hydrogen) atoms. The molecule has 0 aromatic carbocycles. The van der Waals surface area contributed by atoms with Gasteiger partial charge in [-0.3, -0.25) is 9.69 Å². The van der Waals surface area contributed by atoms with E-state index in [-0.39, 0.29) is 48.0 Å². The third-order valence-electron chi connectivity index (χ3n) is 2.22. The number of carbonyl (C=O) groups is 3. The fourth-order valence-electron chi connectivity index (χ4n) is 1.54. The minimum Gasteiger partial charge on any atom is -1.00 e. The Morgan fingerprint density at radius 2 is 2.12 bits per heavy atom. The first-order valence-corrected chi connectivity index (χ1v) is 5.26. The number of hydrogen-bond acceptors (Lipinski definition) is 4. The van der Waals surface area contributed by atoms with Gasteiger partial charge in [0, 0.05) is 11.0 Å². The van der Waals surface area contributed by atoms with Crippen molar-refractivity contribution in [1.29, 1.82) is 0 Å². The molecule has 6 nitrogen and oxygen atoms in total. The molecule has 2 aliphatic heterocycles. The second-order valence-corrected chi connectivity index (χ2v) is 4.45. The van der Waals surface area contributed by atoms with Gasteiger partial charge >= 0.3 is 41.5 Å². The number of nitrogens with zero attached hydrogens (tertiary/aromatic N) is 1. The van der Waals surface area contributed by atoms with Crippen LogP contribution in [0.2, 0.25) is 0 Å². The Bertz CT molecular complexity index is 464. The average Bonchev–Trinajstić information content (AvgIpc) is 2.47. The first-order valence-electron chi connectivity index (χ1n) is 4.38. The van der Waals surface area contributed by atoms with Gasteiger partial charge in [0.15, 0.2) is 0 Å². The largest absolute Gasteiger partial charge is 1.00 e. The monoisotopic (exact) mass is 265 g/mol. The predicted molar refractivity (Wildman–Crippen MR) is 55.4 cm³/mol. The van der Waals surface area contributed by atoms with E-state index < -0.39 is 11.9 Å². The third-order valence-corrected chi connectivity index (χ3v) is 3.46.